The molecule has 2 N–H and O–H groups in total. The number of nitrogens with zero attached hydrogens (tertiary/aromatic N) is 3. The molecule has 10 heteroatoms. The monoisotopic (exact) mass is 353 g/mol. The van der Waals surface area contributed by atoms with Gasteiger partial charge in [-0.15, -0.1) is 4.98 Å². The van der Waals surface area contributed by atoms with E-state index in [1.165, 1.54) is 21.3 Å². The van der Waals surface area contributed by atoms with Crippen molar-refractivity contribution in [2.45, 2.75) is 6.54 Å². The highest BCUT2D eigenvalue weighted by Gasteiger charge is 2.11. The molecule has 2 amide bonds. The lowest BCUT2D eigenvalue weighted by Crippen LogP contribution is -2.29. The number of rotatable bonds is 6. The number of anilines is 1. The van der Waals surface area contributed by atoms with Gasteiger partial charge in [-0.1, -0.05) is 11.6 Å². The number of halogens is 1. The Balaban J connectivity index is 2.02. The number of aromatic nitrogens is 3. The first-order chi connectivity index (χ1) is 11.5. The lowest BCUT2D eigenvalue weighted by molar-refractivity contribution is 0.251. The zero-order chi connectivity index (χ0) is 17.5. The molecule has 0 radical (unpaired) electrons. The lowest BCUT2D eigenvalue weighted by atomic mass is 10.3. The first-order valence-corrected chi connectivity index (χ1v) is 7.14. The fraction of sp³-hybridized carbons (Fsp3) is 0.286. The van der Waals surface area contributed by atoms with E-state index in [0.717, 1.165) is 0 Å². The molecule has 1 heterocycles. The normalized spacial score (nSPS) is 10.0. The van der Waals surface area contributed by atoms with Crippen LogP contribution in [0, 0.1) is 0 Å². The highest BCUT2D eigenvalue weighted by molar-refractivity contribution is 6.31. The average molecular weight is 354 g/mol. The van der Waals surface area contributed by atoms with Gasteiger partial charge in [0.05, 0.1) is 33.6 Å². The minimum absolute atomic E-state index is 0.0456. The summed E-state index contributed by atoms with van der Waals surface area (Å²) < 4.78 is 15.0. The van der Waals surface area contributed by atoms with Crippen LogP contribution in [-0.4, -0.2) is 42.3 Å². The summed E-state index contributed by atoms with van der Waals surface area (Å²) in [6.07, 6.45) is 0. The molecular weight excluding hydrogens is 338 g/mol. The Morgan fingerprint density at radius 3 is 2.33 bits per heavy atom. The lowest BCUT2D eigenvalue weighted by Gasteiger charge is -2.11. The van der Waals surface area contributed by atoms with Crippen LogP contribution in [0.4, 0.5) is 10.5 Å². The molecule has 2 aromatic rings. The fourth-order valence-corrected chi connectivity index (χ4v) is 1.92. The quantitative estimate of drug-likeness (QED) is 0.816. The van der Waals surface area contributed by atoms with E-state index in [1.54, 1.807) is 18.2 Å². The third kappa shape index (κ3) is 4.59. The van der Waals surface area contributed by atoms with Crippen molar-refractivity contribution >= 4 is 23.3 Å². The number of nitrogens with one attached hydrogen (secondary N) is 2. The Kier molecular flexibility index (Phi) is 5.96. The van der Waals surface area contributed by atoms with Crippen molar-refractivity contribution in [3.63, 3.8) is 0 Å². The molecule has 0 aliphatic heterocycles. The average Bonchev–Trinajstić information content (AvgIpc) is 2.59. The van der Waals surface area contributed by atoms with Crippen LogP contribution in [0.5, 0.6) is 17.8 Å². The van der Waals surface area contributed by atoms with E-state index in [2.05, 4.69) is 25.6 Å². The summed E-state index contributed by atoms with van der Waals surface area (Å²) in [7, 11) is 4.34. The number of urea groups is 1. The minimum Gasteiger partial charge on any atom is -0.495 e. The summed E-state index contributed by atoms with van der Waals surface area (Å²) in [5.41, 5.74) is 0.438. The van der Waals surface area contributed by atoms with Gasteiger partial charge >= 0.3 is 18.1 Å². The summed E-state index contributed by atoms with van der Waals surface area (Å²) >= 11 is 5.91. The number of methoxy groups -OCH3 is 3. The maximum absolute atomic E-state index is 12.0. The van der Waals surface area contributed by atoms with Gasteiger partial charge in [0.25, 0.3) is 0 Å². The SMILES string of the molecule is COc1nc(CNC(=O)Nc2cc(Cl)ccc2OC)nc(OC)n1. The van der Waals surface area contributed by atoms with E-state index in [9.17, 15) is 4.79 Å². The Labute approximate surface area is 143 Å². The minimum atomic E-state index is -0.478. The zero-order valence-electron chi connectivity index (χ0n) is 13.3. The van der Waals surface area contributed by atoms with E-state index < -0.39 is 6.03 Å². The molecule has 1 aromatic heterocycles. The second-order valence-corrected chi connectivity index (χ2v) is 4.81. The molecule has 0 saturated heterocycles. The van der Waals surface area contributed by atoms with Crippen LogP contribution < -0.4 is 24.8 Å². The molecule has 128 valence electrons. The summed E-state index contributed by atoms with van der Waals surface area (Å²) in [5.74, 6) is 0.768. The molecule has 0 aliphatic rings. The van der Waals surface area contributed by atoms with E-state index in [1.807, 2.05) is 0 Å². The van der Waals surface area contributed by atoms with Gasteiger partial charge in [0.2, 0.25) is 0 Å². The highest BCUT2D eigenvalue weighted by Crippen LogP contribution is 2.27. The molecule has 0 atom stereocenters. The Morgan fingerprint density at radius 2 is 1.75 bits per heavy atom. The summed E-state index contributed by atoms with van der Waals surface area (Å²) in [6.45, 7) is 0.0456. The predicted molar refractivity (Wildman–Crippen MR) is 86.8 cm³/mol. The molecule has 0 saturated carbocycles. The molecule has 0 spiro atoms. The maximum atomic E-state index is 12.0. The summed E-state index contributed by atoms with van der Waals surface area (Å²) in [6, 6.07) is 4.60. The number of ether oxygens (including phenoxy) is 3. The van der Waals surface area contributed by atoms with Gasteiger partial charge in [-0.2, -0.15) is 9.97 Å². The molecule has 2 rings (SSSR count). The number of amides is 2. The van der Waals surface area contributed by atoms with Crippen LogP contribution in [0.15, 0.2) is 18.2 Å². The number of hydrogen-bond donors (Lipinski definition) is 2. The molecule has 1 aromatic carbocycles. The fourth-order valence-electron chi connectivity index (χ4n) is 1.74. The smallest absolute Gasteiger partial charge is 0.322 e. The second-order valence-electron chi connectivity index (χ2n) is 4.38. The molecule has 0 unspecified atom stereocenters. The summed E-state index contributed by atoms with van der Waals surface area (Å²) in [4.78, 5) is 23.9. The molecule has 9 nitrogen and oxygen atoms in total. The largest absolute Gasteiger partial charge is 0.495 e. The number of carbonyl (C=O) groups is 1. The van der Waals surface area contributed by atoms with Crippen molar-refractivity contribution in [1.29, 1.82) is 0 Å². The number of hydrogen-bond acceptors (Lipinski definition) is 7. The van der Waals surface area contributed by atoms with Crippen molar-refractivity contribution in [3.8, 4) is 17.8 Å². The zero-order valence-corrected chi connectivity index (χ0v) is 14.0. The van der Waals surface area contributed by atoms with Crippen LogP contribution >= 0.6 is 11.6 Å². The van der Waals surface area contributed by atoms with Crippen LogP contribution in [0.25, 0.3) is 0 Å². The Morgan fingerprint density at radius 1 is 1.08 bits per heavy atom. The number of benzene rings is 1. The van der Waals surface area contributed by atoms with Gasteiger partial charge < -0.3 is 24.8 Å². The van der Waals surface area contributed by atoms with Crippen molar-refractivity contribution in [2.24, 2.45) is 0 Å². The van der Waals surface area contributed by atoms with E-state index >= 15 is 0 Å². The maximum Gasteiger partial charge on any atom is 0.322 e. The van der Waals surface area contributed by atoms with Gasteiger partial charge in [0.15, 0.2) is 5.82 Å². The van der Waals surface area contributed by atoms with Crippen molar-refractivity contribution in [2.75, 3.05) is 26.6 Å². The predicted octanol–water partition coefficient (Wildman–Crippen LogP) is 1.87. The van der Waals surface area contributed by atoms with Crippen molar-refractivity contribution in [1.82, 2.24) is 20.3 Å². The highest BCUT2D eigenvalue weighted by atomic mass is 35.5. The van der Waals surface area contributed by atoms with Gasteiger partial charge in [-0.3, -0.25) is 0 Å². The van der Waals surface area contributed by atoms with Gasteiger partial charge in [0, 0.05) is 5.02 Å². The van der Waals surface area contributed by atoms with Crippen molar-refractivity contribution < 1.29 is 19.0 Å². The molecule has 0 fully saturated rings. The number of carbonyl (C=O) groups excluding carboxylic acids is 1. The topological polar surface area (TPSA) is 107 Å². The van der Waals surface area contributed by atoms with Crippen LogP contribution in [0.3, 0.4) is 0 Å². The first kappa shape index (κ1) is 17.5. The van der Waals surface area contributed by atoms with Crippen LogP contribution in [0.1, 0.15) is 5.82 Å². The van der Waals surface area contributed by atoms with Gasteiger partial charge in [-0.25, -0.2) is 4.79 Å². The summed E-state index contributed by atoms with van der Waals surface area (Å²) in [5, 5.41) is 5.72. The first-order valence-electron chi connectivity index (χ1n) is 6.77. The standard InChI is InChI=1S/C14H16ClN5O4/c1-22-10-5-4-8(15)6-9(10)17-12(21)16-7-11-18-13(23-2)20-14(19-11)24-3/h4-6H,7H2,1-3H3,(H2,16,17,21). The second kappa shape index (κ2) is 8.16. The molecular formula is C14H16ClN5O4. The van der Waals surface area contributed by atoms with Crippen LogP contribution in [-0.2, 0) is 6.54 Å². The van der Waals surface area contributed by atoms with E-state index in [0.29, 0.717) is 16.5 Å². The van der Waals surface area contributed by atoms with Crippen molar-refractivity contribution in [3.05, 3.63) is 29.0 Å². The molecule has 24 heavy (non-hydrogen) atoms. The molecule has 0 bridgehead atoms. The van der Waals surface area contributed by atoms with Gasteiger partial charge in [0.1, 0.15) is 5.75 Å². The Bertz CT molecular complexity index is 706. The van der Waals surface area contributed by atoms with Gasteiger partial charge in [-0.05, 0) is 18.2 Å². The van der Waals surface area contributed by atoms with Crippen LogP contribution in [0.2, 0.25) is 5.02 Å². The van der Waals surface area contributed by atoms with E-state index in [-0.39, 0.29) is 24.4 Å². The molecule has 0 aliphatic carbocycles. The third-order valence-electron chi connectivity index (χ3n) is 2.82. The van der Waals surface area contributed by atoms with E-state index in [4.69, 9.17) is 25.8 Å². The Hall–Kier alpha value is -2.81. The third-order valence-corrected chi connectivity index (χ3v) is 3.06.